The zero-order valence-corrected chi connectivity index (χ0v) is 18.5. The Bertz CT molecular complexity index is 1240. The molecule has 1 amide bonds. The van der Waals surface area contributed by atoms with Gasteiger partial charge in [-0.05, 0) is 31.5 Å². The predicted octanol–water partition coefficient (Wildman–Crippen LogP) is 3.70. The first-order chi connectivity index (χ1) is 14.8. The van der Waals surface area contributed by atoms with E-state index < -0.39 is 27.4 Å². The zero-order chi connectivity index (χ0) is 22.4. The summed E-state index contributed by atoms with van der Waals surface area (Å²) in [6.07, 6.45) is 0.0228. The van der Waals surface area contributed by atoms with Crippen molar-refractivity contribution in [3.05, 3.63) is 58.9 Å². The van der Waals surface area contributed by atoms with Crippen molar-refractivity contribution in [1.82, 2.24) is 4.57 Å². The lowest BCUT2D eigenvalue weighted by Crippen LogP contribution is -2.20. The number of sulfone groups is 1. The van der Waals surface area contributed by atoms with Gasteiger partial charge in [0.1, 0.15) is 5.82 Å². The molecule has 0 fully saturated rings. The molecular weight excluding hydrogens is 446 g/mol. The third-order valence-corrected chi connectivity index (χ3v) is 7.33. The van der Waals surface area contributed by atoms with Gasteiger partial charge < -0.3 is 9.30 Å². The van der Waals surface area contributed by atoms with Gasteiger partial charge in [-0.25, -0.2) is 17.2 Å². The van der Waals surface area contributed by atoms with Crippen molar-refractivity contribution >= 4 is 37.3 Å². The molecule has 0 unspecified atom stereocenters. The molecule has 2 aromatic carbocycles. The van der Waals surface area contributed by atoms with E-state index in [0.29, 0.717) is 11.3 Å². The Morgan fingerprint density at radius 3 is 2.65 bits per heavy atom. The second kappa shape index (κ2) is 10.3. The van der Waals surface area contributed by atoms with Gasteiger partial charge in [0.05, 0.1) is 27.5 Å². The van der Waals surface area contributed by atoms with Crippen LogP contribution in [0.3, 0.4) is 0 Å². The van der Waals surface area contributed by atoms with Crippen molar-refractivity contribution in [2.45, 2.75) is 31.2 Å². The summed E-state index contributed by atoms with van der Waals surface area (Å²) >= 11 is 0.996. The minimum atomic E-state index is -3.49. The summed E-state index contributed by atoms with van der Waals surface area (Å²) in [6.45, 7) is 2.81. The van der Waals surface area contributed by atoms with E-state index >= 15 is 0 Å². The van der Waals surface area contributed by atoms with E-state index in [2.05, 4.69) is 4.99 Å². The number of rotatable bonds is 9. The first-order valence-electron chi connectivity index (χ1n) is 9.73. The van der Waals surface area contributed by atoms with Crippen molar-refractivity contribution in [2.24, 2.45) is 4.99 Å². The van der Waals surface area contributed by atoms with Crippen molar-refractivity contribution in [2.75, 3.05) is 19.0 Å². The molecular formula is C21H22F2N2O4S2. The van der Waals surface area contributed by atoms with Gasteiger partial charge in [-0.2, -0.15) is 4.99 Å². The molecule has 10 heteroatoms. The van der Waals surface area contributed by atoms with Gasteiger partial charge >= 0.3 is 0 Å². The van der Waals surface area contributed by atoms with Crippen molar-refractivity contribution in [1.29, 1.82) is 0 Å². The van der Waals surface area contributed by atoms with E-state index in [1.807, 2.05) is 6.92 Å². The predicted molar refractivity (Wildman–Crippen MR) is 115 cm³/mol. The highest BCUT2D eigenvalue weighted by Gasteiger charge is 2.16. The number of carbonyl (C=O) groups excluding carboxylic acids is 1. The number of nitrogens with zero attached hydrogens (tertiary/aromatic N) is 2. The maximum absolute atomic E-state index is 14.4. The molecule has 0 radical (unpaired) electrons. The highest BCUT2D eigenvalue weighted by molar-refractivity contribution is 7.91. The molecule has 0 atom stereocenters. The Morgan fingerprint density at radius 1 is 1.19 bits per heavy atom. The molecule has 0 aliphatic heterocycles. The quantitative estimate of drug-likeness (QED) is 0.449. The van der Waals surface area contributed by atoms with Gasteiger partial charge in [-0.3, -0.25) is 4.79 Å². The average Bonchev–Trinajstić information content (AvgIpc) is 3.05. The lowest BCUT2D eigenvalue weighted by molar-refractivity contribution is -0.118. The fraction of sp³-hybridized carbons (Fsp3) is 0.333. The highest BCUT2D eigenvalue weighted by Crippen LogP contribution is 2.22. The standard InChI is InChI=1S/C21H22F2N2O4S2/c1-2-29-11-10-25-20-17(23)13-15(22)14-18(20)30-21(25)24-19(26)9-6-12-31(27,28)16-7-4-3-5-8-16/h3-5,7-8,13-14H,2,6,9-12H2,1H3. The number of amides is 1. The van der Waals surface area contributed by atoms with Crippen LogP contribution >= 0.6 is 11.3 Å². The van der Waals surface area contributed by atoms with Crippen molar-refractivity contribution in [3.8, 4) is 0 Å². The largest absolute Gasteiger partial charge is 0.380 e. The van der Waals surface area contributed by atoms with Crippen LogP contribution < -0.4 is 4.80 Å². The summed E-state index contributed by atoms with van der Waals surface area (Å²) < 4.78 is 59.8. The summed E-state index contributed by atoms with van der Waals surface area (Å²) in [5.74, 6) is -2.17. The Labute approximate surface area is 182 Å². The fourth-order valence-corrected chi connectivity index (χ4v) is 5.49. The Hall–Kier alpha value is -2.43. The van der Waals surface area contributed by atoms with E-state index in [9.17, 15) is 22.0 Å². The first kappa shape index (κ1) is 23.2. The van der Waals surface area contributed by atoms with Crippen LogP contribution in [-0.4, -0.2) is 37.9 Å². The zero-order valence-electron chi connectivity index (χ0n) is 16.9. The number of halogens is 2. The van der Waals surface area contributed by atoms with Crippen LogP contribution in [0.25, 0.3) is 10.2 Å². The topological polar surface area (TPSA) is 77.7 Å². The molecule has 0 aliphatic rings. The number of benzene rings is 2. The molecule has 0 aliphatic carbocycles. The SMILES string of the molecule is CCOCCn1c(=NC(=O)CCCS(=O)(=O)c2ccccc2)sc2cc(F)cc(F)c21. The maximum atomic E-state index is 14.4. The number of thiazole rings is 1. The normalized spacial score (nSPS) is 12.5. The molecule has 0 spiro atoms. The maximum Gasteiger partial charge on any atom is 0.248 e. The minimum Gasteiger partial charge on any atom is -0.380 e. The summed E-state index contributed by atoms with van der Waals surface area (Å²) in [5, 5.41) is 0. The first-order valence-corrected chi connectivity index (χ1v) is 12.2. The van der Waals surface area contributed by atoms with Crippen LogP contribution in [0.2, 0.25) is 0 Å². The molecule has 0 N–H and O–H groups in total. The Balaban J connectivity index is 1.80. The van der Waals surface area contributed by atoms with Gasteiger partial charge in [0.25, 0.3) is 0 Å². The summed E-state index contributed by atoms with van der Waals surface area (Å²) in [5.41, 5.74) is 0.157. The van der Waals surface area contributed by atoms with E-state index in [-0.39, 0.29) is 47.0 Å². The number of carbonyl (C=O) groups is 1. The molecule has 6 nitrogen and oxygen atoms in total. The van der Waals surface area contributed by atoms with Crippen LogP contribution in [-0.2, 0) is 25.9 Å². The number of aromatic nitrogens is 1. The highest BCUT2D eigenvalue weighted by atomic mass is 32.2. The van der Waals surface area contributed by atoms with Crippen LogP contribution in [0, 0.1) is 11.6 Å². The van der Waals surface area contributed by atoms with E-state index in [1.54, 1.807) is 18.2 Å². The number of ether oxygens (including phenoxy) is 1. The molecule has 166 valence electrons. The van der Waals surface area contributed by atoms with Crippen LogP contribution in [0.1, 0.15) is 19.8 Å². The van der Waals surface area contributed by atoms with Gasteiger partial charge in [0.15, 0.2) is 20.5 Å². The molecule has 0 bridgehead atoms. The van der Waals surface area contributed by atoms with Crippen LogP contribution in [0.5, 0.6) is 0 Å². The summed E-state index contributed by atoms with van der Waals surface area (Å²) in [7, 11) is -3.49. The number of fused-ring (bicyclic) bond motifs is 1. The van der Waals surface area contributed by atoms with Crippen molar-refractivity contribution in [3.63, 3.8) is 0 Å². The third kappa shape index (κ3) is 5.84. The van der Waals surface area contributed by atoms with Gasteiger partial charge in [0, 0.05) is 25.6 Å². The monoisotopic (exact) mass is 468 g/mol. The molecule has 1 aromatic heterocycles. The molecule has 0 saturated heterocycles. The summed E-state index contributed by atoms with van der Waals surface area (Å²) in [4.78, 5) is 16.8. The van der Waals surface area contributed by atoms with Gasteiger partial charge in [-0.1, -0.05) is 29.5 Å². The lowest BCUT2D eigenvalue weighted by atomic mass is 10.3. The molecule has 3 rings (SSSR count). The third-order valence-electron chi connectivity index (χ3n) is 4.49. The summed E-state index contributed by atoms with van der Waals surface area (Å²) in [6, 6.07) is 9.99. The van der Waals surface area contributed by atoms with Crippen molar-refractivity contribution < 1.29 is 26.7 Å². The van der Waals surface area contributed by atoms with Crippen LogP contribution in [0.15, 0.2) is 52.4 Å². The molecule has 31 heavy (non-hydrogen) atoms. The van der Waals surface area contributed by atoms with Crippen LogP contribution in [0.4, 0.5) is 8.78 Å². The molecule has 0 saturated carbocycles. The fourth-order valence-electron chi connectivity index (χ4n) is 3.04. The number of hydrogen-bond acceptors (Lipinski definition) is 5. The second-order valence-corrected chi connectivity index (χ2v) is 9.83. The lowest BCUT2D eigenvalue weighted by Gasteiger charge is -2.06. The van der Waals surface area contributed by atoms with Gasteiger partial charge in [-0.15, -0.1) is 0 Å². The second-order valence-electron chi connectivity index (χ2n) is 6.71. The Kier molecular flexibility index (Phi) is 7.69. The molecule has 1 heterocycles. The average molecular weight is 469 g/mol. The van der Waals surface area contributed by atoms with E-state index in [1.165, 1.54) is 22.8 Å². The molecule has 3 aromatic rings. The smallest absolute Gasteiger partial charge is 0.248 e. The number of hydrogen-bond donors (Lipinski definition) is 0. The van der Waals surface area contributed by atoms with E-state index in [0.717, 1.165) is 17.4 Å². The van der Waals surface area contributed by atoms with E-state index in [4.69, 9.17) is 4.74 Å². The van der Waals surface area contributed by atoms with Gasteiger partial charge in [0.2, 0.25) is 5.91 Å². The Morgan fingerprint density at radius 2 is 1.94 bits per heavy atom. The minimum absolute atomic E-state index is 0.0807.